The van der Waals surface area contributed by atoms with Crippen LogP contribution in [0.3, 0.4) is 0 Å². The molecule has 0 aliphatic carbocycles. The summed E-state index contributed by atoms with van der Waals surface area (Å²) >= 11 is 0. The van der Waals surface area contributed by atoms with Crippen LogP contribution in [-0.2, 0) is 0 Å². The third-order valence-electron chi connectivity index (χ3n) is 4.61. The second-order valence-corrected chi connectivity index (χ2v) is 6.59. The second-order valence-electron chi connectivity index (χ2n) is 6.59. The van der Waals surface area contributed by atoms with Crippen molar-refractivity contribution in [2.45, 2.75) is 71.3 Å². The third kappa shape index (κ3) is 6.74. The van der Waals surface area contributed by atoms with Gasteiger partial charge in [0.2, 0.25) is 0 Å². The molecular formula is C22H34O. The fourth-order valence-corrected chi connectivity index (χ4v) is 3.19. The summed E-state index contributed by atoms with van der Waals surface area (Å²) in [5, 5.41) is 10.8. The number of allylic oxidation sites excluding steroid dienone is 2. The maximum absolute atomic E-state index is 10.8. The molecule has 0 aliphatic rings. The monoisotopic (exact) mass is 314 g/mol. The van der Waals surface area contributed by atoms with E-state index < -0.39 is 6.10 Å². The van der Waals surface area contributed by atoms with Gasteiger partial charge in [0.25, 0.3) is 0 Å². The Kier molecular flexibility index (Phi) is 9.63. The predicted molar refractivity (Wildman–Crippen MR) is 102 cm³/mol. The molecule has 0 heterocycles. The zero-order valence-electron chi connectivity index (χ0n) is 15.2. The first-order valence-corrected chi connectivity index (χ1v) is 9.16. The summed E-state index contributed by atoms with van der Waals surface area (Å²) < 4.78 is 0. The van der Waals surface area contributed by atoms with E-state index in [0.717, 1.165) is 25.7 Å². The Morgan fingerprint density at radius 3 is 2.35 bits per heavy atom. The van der Waals surface area contributed by atoms with Crippen LogP contribution in [0.15, 0.2) is 54.6 Å². The molecule has 1 aromatic carbocycles. The number of hydrogen-bond acceptors (Lipinski definition) is 1. The Labute approximate surface area is 143 Å². The lowest BCUT2D eigenvalue weighted by Gasteiger charge is -2.28. The van der Waals surface area contributed by atoms with Crippen molar-refractivity contribution in [1.29, 1.82) is 0 Å². The average molecular weight is 315 g/mol. The van der Waals surface area contributed by atoms with Crippen molar-refractivity contribution in [2.75, 3.05) is 0 Å². The Bertz CT molecular complexity index is 460. The van der Waals surface area contributed by atoms with Crippen LogP contribution in [0.2, 0.25) is 0 Å². The lowest BCUT2D eigenvalue weighted by Crippen LogP contribution is -2.25. The molecule has 0 radical (unpaired) electrons. The van der Waals surface area contributed by atoms with Crippen LogP contribution in [0.5, 0.6) is 0 Å². The summed E-state index contributed by atoms with van der Waals surface area (Å²) in [7, 11) is 0. The quantitative estimate of drug-likeness (QED) is 0.478. The number of hydrogen-bond donors (Lipinski definition) is 1. The second kappa shape index (κ2) is 11.2. The molecule has 0 aliphatic heterocycles. The molecule has 128 valence electrons. The van der Waals surface area contributed by atoms with E-state index in [1.807, 2.05) is 12.1 Å². The Balaban J connectivity index is 2.94. The summed E-state index contributed by atoms with van der Waals surface area (Å²) in [6.07, 6.45) is 10.5. The topological polar surface area (TPSA) is 20.2 Å². The Morgan fingerprint density at radius 2 is 1.78 bits per heavy atom. The van der Waals surface area contributed by atoms with Crippen LogP contribution >= 0.6 is 0 Å². The van der Waals surface area contributed by atoms with Crippen molar-refractivity contribution < 1.29 is 5.11 Å². The molecule has 1 aromatic rings. The predicted octanol–water partition coefficient (Wildman–Crippen LogP) is 6.26. The maximum Gasteiger partial charge on any atom is 0.0760 e. The van der Waals surface area contributed by atoms with E-state index in [1.165, 1.54) is 24.0 Å². The van der Waals surface area contributed by atoms with Gasteiger partial charge in [0.1, 0.15) is 0 Å². The molecule has 1 N–H and O–H groups in total. The largest absolute Gasteiger partial charge is 0.389 e. The minimum Gasteiger partial charge on any atom is -0.389 e. The van der Waals surface area contributed by atoms with E-state index in [2.05, 4.69) is 57.7 Å². The highest BCUT2D eigenvalue weighted by atomic mass is 16.3. The number of aliphatic hydroxyl groups excluding tert-OH is 1. The smallest absolute Gasteiger partial charge is 0.0760 e. The molecule has 0 bridgehead atoms. The minimum atomic E-state index is -0.401. The Hall–Kier alpha value is -1.34. The van der Waals surface area contributed by atoms with Crippen molar-refractivity contribution in [3.63, 3.8) is 0 Å². The van der Waals surface area contributed by atoms with Crippen LogP contribution in [0.4, 0.5) is 0 Å². The van der Waals surface area contributed by atoms with E-state index in [9.17, 15) is 5.11 Å². The molecule has 0 spiro atoms. The number of rotatable bonds is 11. The first kappa shape index (κ1) is 19.7. The van der Waals surface area contributed by atoms with Crippen molar-refractivity contribution >= 4 is 0 Å². The van der Waals surface area contributed by atoms with Gasteiger partial charge in [-0.2, -0.15) is 0 Å². The van der Waals surface area contributed by atoms with E-state index in [1.54, 1.807) is 0 Å². The molecule has 1 nitrogen and oxygen atoms in total. The maximum atomic E-state index is 10.8. The number of aliphatic hydroxyl groups is 1. The standard InChI is InChI=1S/C22H34O/c1-5-8-13-18(4)17-22(23)21(16-9-6-2)20(7-3)19-14-11-10-12-15-19/h7,10-12,14-15,17,20-23H,3,5-6,8-9,13,16H2,1-2,4H3/b18-17+/t20-,21-,22+/m0/s1. The lowest BCUT2D eigenvalue weighted by molar-refractivity contribution is 0.134. The Morgan fingerprint density at radius 1 is 1.13 bits per heavy atom. The van der Waals surface area contributed by atoms with Crippen molar-refractivity contribution in [3.8, 4) is 0 Å². The molecule has 23 heavy (non-hydrogen) atoms. The summed E-state index contributed by atoms with van der Waals surface area (Å²) in [6.45, 7) is 10.6. The summed E-state index contributed by atoms with van der Waals surface area (Å²) in [5.74, 6) is 0.402. The number of unbranched alkanes of at least 4 members (excludes halogenated alkanes) is 2. The molecule has 0 fully saturated rings. The van der Waals surface area contributed by atoms with Gasteiger partial charge in [0.15, 0.2) is 0 Å². The van der Waals surface area contributed by atoms with Crippen LogP contribution in [-0.4, -0.2) is 11.2 Å². The highest BCUT2D eigenvalue weighted by Gasteiger charge is 2.26. The van der Waals surface area contributed by atoms with Crippen molar-refractivity contribution in [3.05, 3.63) is 60.2 Å². The van der Waals surface area contributed by atoms with E-state index in [-0.39, 0.29) is 11.8 Å². The molecule has 0 unspecified atom stereocenters. The molecular weight excluding hydrogens is 280 g/mol. The highest BCUT2D eigenvalue weighted by Crippen LogP contribution is 2.33. The highest BCUT2D eigenvalue weighted by molar-refractivity contribution is 5.25. The third-order valence-corrected chi connectivity index (χ3v) is 4.61. The normalized spacial score (nSPS) is 15.9. The van der Waals surface area contributed by atoms with Gasteiger partial charge in [-0.05, 0) is 37.7 Å². The van der Waals surface area contributed by atoms with Crippen LogP contribution in [0, 0.1) is 5.92 Å². The molecule has 1 rings (SSSR count). The molecule has 3 atom stereocenters. The van der Waals surface area contributed by atoms with Gasteiger partial charge in [-0.15, -0.1) is 6.58 Å². The molecule has 0 aromatic heterocycles. The van der Waals surface area contributed by atoms with Gasteiger partial charge >= 0.3 is 0 Å². The summed E-state index contributed by atoms with van der Waals surface area (Å²) in [6, 6.07) is 10.5. The van der Waals surface area contributed by atoms with E-state index in [4.69, 9.17) is 0 Å². The SMILES string of the molecule is C=C[C@@H](c1ccccc1)[C@H](CCCC)[C@H](O)/C=C(\C)CCCC. The first-order valence-electron chi connectivity index (χ1n) is 9.16. The molecule has 0 saturated heterocycles. The molecule has 0 saturated carbocycles. The van der Waals surface area contributed by atoms with Gasteiger partial charge in [0.05, 0.1) is 6.10 Å². The zero-order chi connectivity index (χ0) is 17.1. The fourth-order valence-electron chi connectivity index (χ4n) is 3.19. The van der Waals surface area contributed by atoms with Gasteiger partial charge in [-0.25, -0.2) is 0 Å². The molecule has 0 amide bonds. The van der Waals surface area contributed by atoms with Crippen LogP contribution in [0.25, 0.3) is 0 Å². The summed E-state index contributed by atoms with van der Waals surface area (Å²) in [4.78, 5) is 0. The zero-order valence-corrected chi connectivity index (χ0v) is 15.2. The first-order chi connectivity index (χ1) is 11.1. The van der Waals surface area contributed by atoms with Gasteiger partial charge in [0, 0.05) is 5.92 Å². The van der Waals surface area contributed by atoms with Crippen molar-refractivity contribution in [2.24, 2.45) is 5.92 Å². The van der Waals surface area contributed by atoms with E-state index in [0.29, 0.717) is 0 Å². The lowest BCUT2D eigenvalue weighted by atomic mass is 9.79. The van der Waals surface area contributed by atoms with Gasteiger partial charge < -0.3 is 5.11 Å². The van der Waals surface area contributed by atoms with E-state index >= 15 is 0 Å². The fraction of sp³-hybridized carbons (Fsp3) is 0.545. The van der Waals surface area contributed by atoms with Crippen LogP contribution < -0.4 is 0 Å². The van der Waals surface area contributed by atoms with Gasteiger partial charge in [-0.3, -0.25) is 0 Å². The van der Waals surface area contributed by atoms with Crippen LogP contribution in [0.1, 0.15) is 70.8 Å². The molecule has 1 heteroatoms. The number of benzene rings is 1. The van der Waals surface area contributed by atoms with Crippen molar-refractivity contribution in [1.82, 2.24) is 0 Å². The summed E-state index contributed by atoms with van der Waals surface area (Å²) in [5.41, 5.74) is 2.55. The minimum absolute atomic E-state index is 0.200. The van der Waals surface area contributed by atoms with Gasteiger partial charge in [-0.1, -0.05) is 81.2 Å². The average Bonchev–Trinajstić information content (AvgIpc) is 2.57.